The summed E-state index contributed by atoms with van der Waals surface area (Å²) in [4.78, 5) is 10.8. The van der Waals surface area contributed by atoms with Crippen LogP contribution in [0.25, 0.3) is 0 Å². The number of hydrogen-bond acceptors (Lipinski definition) is 5. The molecule has 1 aliphatic carbocycles. The third-order valence-electron chi connectivity index (χ3n) is 2.33. The highest BCUT2D eigenvalue weighted by Gasteiger charge is 2.30. The number of ether oxygens (including phenoxy) is 3. The molecule has 0 bridgehead atoms. The molecule has 0 aromatic rings. The van der Waals surface area contributed by atoms with E-state index in [1.165, 1.54) is 7.11 Å². The number of nitrogens with zero attached hydrogens (tertiary/aromatic N) is 1. The number of hydrogen-bond donors (Lipinski definition) is 0. The predicted octanol–water partition coefficient (Wildman–Crippen LogP) is 1.78. The maximum absolute atomic E-state index is 10.8. The second-order valence-corrected chi connectivity index (χ2v) is 3.19. The smallest absolute Gasteiger partial charge is 0.438 e. The molecule has 1 saturated carbocycles. The summed E-state index contributed by atoms with van der Waals surface area (Å²) in [5, 5.41) is 8.38. The van der Waals surface area contributed by atoms with E-state index in [0.717, 1.165) is 25.7 Å². The fourth-order valence-electron chi connectivity index (χ4n) is 1.64. The molecule has 1 aliphatic rings. The average Bonchev–Trinajstić information content (AvgIpc) is 2.69. The first-order valence-electron chi connectivity index (χ1n) is 4.57. The summed E-state index contributed by atoms with van der Waals surface area (Å²) in [6, 6.07) is 0. The lowest BCUT2D eigenvalue weighted by Gasteiger charge is -2.19. The van der Waals surface area contributed by atoms with Crippen molar-refractivity contribution in [1.82, 2.24) is 0 Å². The Bertz CT molecular complexity index is 229. The summed E-state index contributed by atoms with van der Waals surface area (Å²) >= 11 is 0. The van der Waals surface area contributed by atoms with Crippen molar-refractivity contribution in [1.29, 1.82) is 5.26 Å². The zero-order valence-electron chi connectivity index (χ0n) is 8.06. The fourth-order valence-corrected chi connectivity index (χ4v) is 1.64. The SMILES string of the molecule is COC(=O)OC(OC#N)C1CCCC1. The lowest BCUT2D eigenvalue weighted by atomic mass is 10.1. The van der Waals surface area contributed by atoms with Gasteiger partial charge in [-0.1, -0.05) is 12.8 Å². The van der Waals surface area contributed by atoms with Gasteiger partial charge in [0.2, 0.25) is 0 Å². The van der Waals surface area contributed by atoms with Crippen LogP contribution in [0.2, 0.25) is 0 Å². The van der Waals surface area contributed by atoms with Gasteiger partial charge in [0, 0.05) is 5.92 Å². The Morgan fingerprint density at radius 1 is 1.50 bits per heavy atom. The number of rotatable bonds is 3. The lowest BCUT2D eigenvalue weighted by Crippen LogP contribution is -2.26. The first-order valence-corrected chi connectivity index (χ1v) is 4.57. The van der Waals surface area contributed by atoms with E-state index in [1.807, 2.05) is 0 Å². The maximum Gasteiger partial charge on any atom is 0.511 e. The highest BCUT2D eigenvalue weighted by Crippen LogP contribution is 2.29. The Morgan fingerprint density at radius 2 is 2.14 bits per heavy atom. The Hall–Kier alpha value is -1.44. The van der Waals surface area contributed by atoms with Crippen LogP contribution in [0, 0.1) is 17.4 Å². The predicted molar refractivity (Wildman–Crippen MR) is 45.9 cm³/mol. The molecule has 1 fully saturated rings. The molecule has 0 heterocycles. The number of nitriles is 1. The average molecular weight is 199 g/mol. The van der Waals surface area contributed by atoms with Crippen molar-refractivity contribution in [3.8, 4) is 6.26 Å². The highest BCUT2D eigenvalue weighted by molar-refractivity contribution is 5.59. The van der Waals surface area contributed by atoms with E-state index in [4.69, 9.17) is 10.00 Å². The zero-order valence-corrected chi connectivity index (χ0v) is 8.06. The molecule has 0 saturated heterocycles. The minimum Gasteiger partial charge on any atom is -0.438 e. The van der Waals surface area contributed by atoms with Gasteiger partial charge in [-0.15, -0.1) is 0 Å². The number of methoxy groups -OCH3 is 1. The van der Waals surface area contributed by atoms with Crippen LogP contribution in [0.5, 0.6) is 0 Å². The highest BCUT2D eigenvalue weighted by atomic mass is 16.8. The van der Waals surface area contributed by atoms with Gasteiger partial charge in [-0.2, -0.15) is 5.26 Å². The Labute approximate surface area is 82.5 Å². The van der Waals surface area contributed by atoms with E-state index < -0.39 is 12.4 Å². The van der Waals surface area contributed by atoms with Gasteiger partial charge in [0.05, 0.1) is 7.11 Å². The second kappa shape index (κ2) is 5.32. The molecule has 1 rings (SSSR count). The molecule has 0 aromatic heterocycles. The van der Waals surface area contributed by atoms with Gasteiger partial charge >= 0.3 is 6.16 Å². The summed E-state index contributed by atoms with van der Waals surface area (Å²) in [6.07, 6.45) is 3.96. The Balaban J connectivity index is 2.45. The molecule has 0 aromatic carbocycles. The van der Waals surface area contributed by atoms with Crippen molar-refractivity contribution in [3.63, 3.8) is 0 Å². The molecule has 0 N–H and O–H groups in total. The van der Waals surface area contributed by atoms with E-state index >= 15 is 0 Å². The van der Waals surface area contributed by atoms with Crippen molar-refractivity contribution in [2.75, 3.05) is 7.11 Å². The Kier molecular flexibility index (Phi) is 4.05. The minimum atomic E-state index is -0.808. The molecule has 5 nitrogen and oxygen atoms in total. The van der Waals surface area contributed by atoms with Crippen LogP contribution in [0.3, 0.4) is 0 Å². The van der Waals surface area contributed by atoms with Crippen LogP contribution in [0.4, 0.5) is 4.79 Å². The summed E-state index contributed by atoms with van der Waals surface area (Å²) in [7, 11) is 1.22. The van der Waals surface area contributed by atoms with Crippen molar-refractivity contribution in [2.24, 2.45) is 5.92 Å². The molecule has 0 spiro atoms. The summed E-state index contributed by atoms with van der Waals surface area (Å²) < 4.78 is 13.8. The first kappa shape index (κ1) is 10.6. The first-order chi connectivity index (χ1) is 6.77. The van der Waals surface area contributed by atoms with Crippen molar-refractivity contribution < 1.29 is 19.0 Å². The fraction of sp³-hybridized carbons (Fsp3) is 0.778. The van der Waals surface area contributed by atoms with Gasteiger partial charge in [-0.3, -0.25) is 0 Å². The molecular formula is C9H13NO4. The standard InChI is InChI=1S/C9H13NO4/c1-12-9(11)14-8(13-6-10)7-4-2-3-5-7/h7-8H,2-5H2,1H3. The van der Waals surface area contributed by atoms with Crippen molar-refractivity contribution >= 4 is 6.16 Å². The molecule has 5 heteroatoms. The summed E-state index contributed by atoms with van der Waals surface area (Å²) in [6.45, 7) is 0. The van der Waals surface area contributed by atoms with Crippen molar-refractivity contribution in [3.05, 3.63) is 0 Å². The van der Waals surface area contributed by atoms with Gasteiger partial charge in [0.15, 0.2) is 0 Å². The largest absolute Gasteiger partial charge is 0.511 e. The van der Waals surface area contributed by atoms with Gasteiger partial charge in [-0.05, 0) is 12.8 Å². The van der Waals surface area contributed by atoms with Gasteiger partial charge in [-0.25, -0.2) is 4.79 Å². The molecule has 1 unspecified atom stereocenters. The van der Waals surface area contributed by atoms with E-state index in [9.17, 15) is 4.79 Å². The maximum atomic E-state index is 10.8. The molecule has 78 valence electrons. The molecule has 0 aliphatic heterocycles. The van der Waals surface area contributed by atoms with Crippen LogP contribution in [0.1, 0.15) is 25.7 Å². The minimum absolute atomic E-state index is 0.119. The molecule has 1 atom stereocenters. The quantitative estimate of drug-likeness (QED) is 0.393. The van der Waals surface area contributed by atoms with Crippen LogP contribution in [-0.4, -0.2) is 19.6 Å². The van der Waals surface area contributed by atoms with E-state index in [0.29, 0.717) is 0 Å². The lowest BCUT2D eigenvalue weighted by molar-refractivity contribution is -0.107. The number of carbonyl (C=O) groups is 1. The van der Waals surface area contributed by atoms with Gasteiger partial charge < -0.3 is 14.2 Å². The molecule has 14 heavy (non-hydrogen) atoms. The Morgan fingerprint density at radius 3 is 2.64 bits per heavy atom. The van der Waals surface area contributed by atoms with E-state index in [-0.39, 0.29) is 5.92 Å². The van der Waals surface area contributed by atoms with Gasteiger partial charge in [0.25, 0.3) is 12.5 Å². The third-order valence-corrected chi connectivity index (χ3v) is 2.33. The summed E-state index contributed by atoms with van der Waals surface area (Å²) in [5.41, 5.74) is 0. The van der Waals surface area contributed by atoms with Crippen LogP contribution in [-0.2, 0) is 14.2 Å². The normalized spacial score (nSPS) is 18.3. The van der Waals surface area contributed by atoms with Crippen LogP contribution >= 0.6 is 0 Å². The second-order valence-electron chi connectivity index (χ2n) is 3.19. The van der Waals surface area contributed by atoms with Gasteiger partial charge in [0.1, 0.15) is 0 Å². The third kappa shape index (κ3) is 2.80. The topological polar surface area (TPSA) is 68.6 Å². The zero-order chi connectivity index (χ0) is 10.4. The summed E-state index contributed by atoms with van der Waals surface area (Å²) in [5.74, 6) is 0.119. The molecular weight excluding hydrogens is 186 g/mol. The van der Waals surface area contributed by atoms with E-state index in [1.54, 1.807) is 6.26 Å². The van der Waals surface area contributed by atoms with Crippen molar-refractivity contribution in [2.45, 2.75) is 32.0 Å². The van der Waals surface area contributed by atoms with Crippen LogP contribution < -0.4 is 0 Å². The van der Waals surface area contributed by atoms with Crippen LogP contribution in [0.15, 0.2) is 0 Å². The van der Waals surface area contributed by atoms with E-state index in [2.05, 4.69) is 9.47 Å². The molecule has 0 amide bonds. The molecule has 0 radical (unpaired) electrons. The number of carbonyl (C=O) groups excluding carboxylic acids is 1. The monoisotopic (exact) mass is 199 g/mol.